The van der Waals surface area contributed by atoms with Gasteiger partial charge in [-0.15, -0.1) is 0 Å². The molecule has 0 amide bonds. The van der Waals surface area contributed by atoms with Crippen molar-refractivity contribution in [1.29, 1.82) is 0 Å². The van der Waals surface area contributed by atoms with E-state index in [2.05, 4.69) is 37.3 Å². The first-order valence-corrected chi connectivity index (χ1v) is 25.9. The molecule has 0 bridgehead atoms. The Balaban J connectivity index is 4.43. The second-order valence-electron chi connectivity index (χ2n) is 16.7. The summed E-state index contributed by atoms with van der Waals surface area (Å²) >= 11 is 0. The summed E-state index contributed by atoms with van der Waals surface area (Å²) in [7, 11) is -3.16. The van der Waals surface area contributed by atoms with Gasteiger partial charge in [0.05, 0.1) is 12.4 Å². The molecule has 0 aliphatic rings. The molecule has 0 atom stereocenters. The Kier molecular flexibility index (Phi) is 39.7. The molecule has 0 aliphatic heterocycles. The number of carbonyl (C=O) groups is 2. The number of nitrogens with one attached hydrogen (secondary N) is 1. The van der Waals surface area contributed by atoms with Crippen molar-refractivity contribution in [1.82, 2.24) is 9.62 Å². The van der Waals surface area contributed by atoms with Gasteiger partial charge in [0, 0.05) is 19.4 Å². The highest BCUT2D eigenvalue weighted by Crippen LogP contribution is 2.21. The maximum Gasteiger partial charge on any atom is 0.306 e. The summed E-state index contributed by atoms with van der Waals surface area (Å²) in [5, 5.41) is 0. The van der Waals surface area contributed by atoms with Crippen LogP contribution in [-0.4, -0.2) is 69.9 Å². The molecule has 0 aliphatic carbocycles. The molecule has 0 rings (SSSR count). The van der Waals surface area contributed by atoms with Gasteiger partial charge in [-0.2, -0.15) is 0 Å². The van der Waals surface area contributed by atoms with Crippen molar-refractivity contribution in [2.24, 2.45) is 5.92 Å². The SMILES string of the molecule is CCCCCCCC(CCCCCCC)OC(=O)CCCCCCCN(CCCCCCCC(=O)OCCC(CCCC)CCCC)CCCNS(=O)(=O)CC. The summed E-state index contributed by atoms with van der Waals surface area (Å²) < 4.78 is 38.1. The van der Waals surface area contributed by atoms with E-state index in [1.165, 1.54) is 89.9 Å². The highest BCUT2D eigenvalue weighted by molar-refractivity contribution is 7.89. The van der Waals surface area contributed by atoms with E-state index in [0.717, 1.165) is 122 Å². The lowest BCUT2D eigenvalue weighted by Crippen LogP contribution is -2.32. The van der Waals surface area contributed by atoms with Crippen LogP contribution in [0.1, 0.15) is 240 Å². The van der Waals surface area contributed by atoms with E-state index < -0.39 is 10.0 Å². The van der Waals surface area contributed by atoms with Crippen LogP contribution < -0.4 is 4.72 Å². The average molecular weight is 815 g/mol. The van der Waals surface area contributed by atoms with Crippen molar-refractivity contribution in [2.75, 3.05) is 38.5 Å². The minimum absolute atomic E-state index is 0.00839. The lowest BCUT2D eigenvalue weighted by atomic mass is 9.93. The van der Waals surface area contributed by atoms with E-state index in [4.69, 9.17) is 9.47 Å². The van der Waals surface area contributed by atoms with Gasteiger partial charge in [-0.05, 0) is 96.7 Å². The Morgan fingerprint density at radius 3 is 1.46 bits per heavy atom. The highest BCUT2D eigenvalue weighted by Gasteiger charge is 2.15. The molecule has 0 aromatic rings. The summed E-state index contributed by atoms with van der Waals surface area (Å²) in [4.78, 5) is 27.5. The third-order valence-corrected chi connectivity index (χ3v) is 12.7. The Morgan fingerprint density at radius 2 is 0.946 bits per heavy atom. The number of sulfonamides is 1. The van der Waals surface area contributed by atoms with Crippen LogP contribution in [0.4, 0.5) is 0 Å². The minimum atomic E-state index is -3.16. The van der Waals surface area contributed by atoms with Crippen LogP contribution in [0.15, 0.2) is 0 Å². The second-order valence-corrected chi connectivity index (χ2v) is 18.8. The maximum atomic E-state index is 12.7. The zero-order valence-electron chi connectivity index (χ0n) is 37.8. The molecule has 0 aromatic heterocycles. The van der Waals surface area contributed by atoms with Crippen LogP contribution in [0.5, 0.6) is 0 Å². The molecule has 0 spiro atoms. The standard InChI is InChI=1S/C47H94N2O6S/c1-6-11-15-19-25-34-45(35-26-20-16-12-7-2)55-47(51)37-28-22-18-24-30-41-49(42-31-39-48-56(52,53)10-5)40-29-23-17-21-27-36-46(50)54-43-38-44(32-13-8-3)33-14-9-4/h44-45,48H,6-43H2,1-5H3. The Bertz CT molecular complexity index is 956. The van der Waals surface area contributed by atoms with E-state index in [9.17, 15) is 18.0 Å². The predicted octanol–water partition coefficient (Wildman–Crippen LogP) is 12.9. The van der Waals surface area contributed by atoms with Crippen LogP contribution >= 0.6 is 0 Å². The van der Waals surface area contributed by atoms with Crippen LogP contribution in [0.2, 0.25) is 0 Å². The molecule has 1 N–H and O–H groups in total. The molecule has 0 saturated heterocycles. The van der Waals surface area contributed by atoms with Crippen molar-refractivity contribution in [3.8, 4) is 0 Å². The molecule has 0 saturated carbocycles. The molecule has 0 heterocycles. The summed E-state index contributed by atoms with van der Waals surface area (Å²) in [6.45, 7) is 14.6. The number of esters is 2. The second kappa shape index (κ2) is 40.6. The van der Waals surface area contributed by atoms with E-state index in [0.29, 0.717) is 31.9 Å². The fraction of sp³-hybridized carbons (Fsp3) is 0.957. The Labute approximate surface area is 348 Å². The van der Waals surface area contributed by atoms with Crippen LogP contribution in [0, 0.1) is 5.92 Å². The first-order valence-electron chi connectivity index (χ1n) is 24.3. The first-order chi connectivity index (χ1) is 27.2. The van der Waals surface area contributed by atoms with Crippen molar-refractivity contribution in [2.45, 2.75) is 246 Å². The third kappa shape index (κ3) is 37.1. The lowest BCUT2D eigenvalue weighted by molar-refractivity contribution is -0.150. The van der Waals surface area contributed by atoms with E-state index in [1.54, 1.807) is 6.92 Å². The number of ether oxygens (including phenoxy) is 2. The fourth-order valence-corrected chi connectivity index (χ4v) is 8.19. The summed E-state index contributed by atoms with van der Waals surface area (Å²) in [6, 6.07) is 0. The Morgan fingerprint density at radius 1 is 0.500 bits per heavy atom. The molecule has 56 heavy (non-hydrogen) atoms. The van der Waals surface area contributed by atoms with E-state index in [1.807, 2.05) is 0 Å². The van der Waals surface area contributed by atoms with Gasteiger partial charge in [-0.1, -0.05) is 156 Å². The normalized spacial score (nSPS) is 12.0. The minimum Gasteiger partial charge on any atom is -0.466 e. The van der Waals surface area contributed by atoms with Crippen molar-refractivity contribution < 1.29 is 27.5 Å². The average Bonchev–Trinajstić information content (AvgIpc) is 3.18. The molecular weight excluding hydrogens is 721 g/mol. The van der Waals surface area contributed by atoms with Gasteiger partial charge in [0.15, 0.2) is 0 Å². The number of unbranched alkanes of at least 4 members (excludes halogenated alkanes) is 18. The number of carbonyl (C=O) groups excluding carboxylic acids is 2. The molecule has 0 fully saturated rings. The molecular formula is C47H94N2O6S. The van der Waals surface area contributed by atoms with E-state index in [-0.39, 0.29) is 23.8 Å². The summed E-state index contributed by atoms with van der Waals surface area (Å²) in [5.74, 6) is 0.752. The largest absolute Gasteiger partial charge is 0.466 e. The van der Waals surface area contributed by atoms with E-state index >= 15 is 0 Å². The van der Waals surface area contributed by atoms with Crippen molar-refractivity contribution in [3.05, 3.63) is 0 Å². The van der Waals surface area contributed by atoms with Gasteiger partial charge in [0.1, 0.15) is 6.10 Å². The zero-order chi connectivity index (χ0) is 41.4. The van der Waals surface area contributed by atoms with Crippen molar-refractivity contribution >= 4 is 22.0 Å². The molecule has 0 unspecified atom stereocenters. The van der Waals surface area contributed by atoms with Gasteiger partial charge in [0.2, 0.25) is 10.0 Å². The molecule has 9 heteroatoms. The number of rotatable bonds is 44. The summed E-state index contributed by atoms with van der Waals surface area (Å²) in [5.41, 5.74) is 0. The zero-order valence-corrected chi connectivity index (χ0v) is 38.6. The molecule has 334 valence electrons. The third-order valence-electron chi connectivity index (χ3n) is 11.3. The maximum absolute atomic E-state index is 12.7. The van der Waals surface area contributed by atoms with Gasteiger partial charge < -0.3 is 14.4 Å². The van der Waals surface area contributed by atoms with Gasteiger partial charge in [-0.3, -0.25) is 9.59 Å². The predicted molar refractivity (Wildman–Crippen MR) is 239 cm³/mol. The topological polar surface area (TPSA) is 102 Å². The number of hydrogen-bond donors (Lipinski definition) is 1. The quantitative estimate of drug-likeness (QED) is 0.0483. The first kappa shape index (κ1) is 54.8. The van der Waals surface area contributed by atoms with Crippen LogP contribution in [-0.2, 0) is 29.1 Å². The molecule has 0 radical (unpaired) electrons. The monoisotopic (exact) mass is 815 g/mol. The van der Waals surface area contributed by atoms with Crippen molar-refractivity contribution in [3.63, 3.8) is 0 Å². The highest BCUT2D eigenvalue weighted by atomic mass is 32.2. The Hall–Kier alpha value is -1.19. The van der Waals surface area contributed by atoms with Crippen LogP contribution in [0.3, 0.4) is 0 Å². The summed E-state index contributed by atoms with van der Waals surface area (Å²) in [6.07, 6.45) is 35.6. The molecule has 0 aromatic carbocycles. The fourth-order valence-electron chi connectivity index (χ4n) is 7.53. The van der Waals surface area contributed by atoms with Gasteiger partial charge in [-0.25, -0.2) is 13.1 Å². The lowest BCUT2D eigenvalue weighted by Gasteiger charge is -2.22. The number of hydrogen-bond acceptors (Lipinski definition) is 7. The smallest absolute Gasteiger partial charge is 0.306 e. The molecule has 8 nitrogen and oxygen atoms in total. The van der Waals surface area contributed by atoms with Crippen LogP contribution in [0.25, 0.3) is 0 Å². The number of nitrogens with zero attached hydrogens (tertiary/aromatic N) is 1. The van der Waals surface area contributed by atoms with Gasteiger partial charge in [0.25, 0.3) is 0 Å². The van der Waals surface area contributed by atoms with Gasteiger partial charge >= 0.3 is 11.9 Å².